The first kappa shape index (κ1) is 12.2. The van der Waals surface area contributed by atoms with E-state index in [-0.39, 0.29) is 11.5 Å². The normalized spacial score (nSPS) is 24.0. The van der Waals surface area contributed by atoms with Gasteiger partial charge in [-0.2, -0.15) is 0 Å². The molecule has 0 bridgehead atoms. The average Bonchev–Trinajstić information content (AvgIpc) is 2.57. The number of carbonyl (C=O) groups is 1. The lowest BCUT2D eigenvalue weighted by molar-refractivity contribution is -0.136. The second kappa shape index (κ2) is 3.90. The fourth-order valence-electron chi connectivity index (χ4n) is 1.70. The van der Waals surface area contributed by atoms with Gasteiger partial charge in [-0.3, -0.25) is 4.79 Å². The molecule has 94 valence electrons. The van der Waals surface area contributed by atoms with Crippen molar-refractivity contribution in [3.63, 3.8) is 0 Å². The minimum atomic E-state index is -0.832. The van der Waals surface area contributed by atoms with E-state index in [9.17, 15) is 4.79 Å². The molecule has 0 aromatic carbocycles. The number of thioether (sulfide) groups is 1. The van der Waals surface area contributed by atoms with Gasteiger partial charge in [-0.25, -0.2) is 4.68 Å². The van der Waals surface area contributed by atoms with Crippen LogP contribution in [0.2, 0.25) is 0 Å². The van der Waals surface area contributed by atoms with E-state index in [0.717, 1.165) is 5.82 Å². The Labute approximate surface area is 104 Å². The van der Waals surface area contributed by atoms with Crippen LogP contribution in [0.4, 0.5) is 0 Å². The van der Waals surface area contributed by atoms with Crippen LogP contribution in [0, 0.1) is 0 Å². The summed E-state index contributed by atoms with van der Waals surface area (Å²) in [6, 6.07) is -0.165. The molecule has 1 aliphatic rings. The van der Waals surface area contributed by atoms with Crippen LogP contribution in [-0.2, 0) is 10.2 Å². The van der Waals surface area contributed by atoms with Crippen molar-refractivity contribution in [3.05, 3.63) is 5.82 Å². The molecular weight excluding hydrogens is 240 g/mol. The molecule has 2 N–H and O–H groups in total. The fraction of sp³-hybridized carbons (Fsp3) is 0.700. The standard InChI is InChI=1S/C10H16N4O2S/c1-5-6(7(15)16)17-9-12-11-8(10(2,3)4)14(9)13-5/h5-6,13H,1-4H3,(H,15,16). The number of rotatable bonds is 1. The molecule has 2 atom stereocenters. The minimum Gasteiger partial charge on any atom is -0.480 e. The number of hydrogen-bond acceptors (Lipinski definition) is 5. The van der Waals surface area contributed by atoms with Gasteiger partial charge in [0.25, 0.3) is 0 Å². The predicted molar refractivity (Wildman–Crippen MR) is 64.8 cm³/mol. The van der Waals surface area contributed by atoms with Gasteiger partial charge in [0.15, 0.2) is 5.82 Å². The molecule has 0 fully saturated rings. The molecule has 1 aromatic rings. The van der Waals surface area contributed by atoms with E-state index in [1.165, 1.54) is 11.8 Å². The predicted octanol–water partition coefficient (Wildman–Crippen LogP) is 1.07. The number of carboxylic acid groups (broad SMARTS) is 1. The summed E-state index contributed by atoms with van der Waals surface area (Å²) in [5.74, 6) is -0.0164. The topological polar surface area (TPSA) is 80.0 Å². The van der Waals surface area contributed by atoms with Gasteiger partial charge >= 0.3 is 5.97 Å². The number of aliphatic carboxylic acids is 1. The first-order chi connectivity index (χ1) is 7.80. The van der Waals surface area contributed by atoms with E-state index < -0.39 is 11.2 Å². The van der Waals surface area contributed by atoms with Crippen LogP contribution < -0.4 is 5.43 Å². The summed E-state index contributed by atoms with van der Waals surface area (Å²) in [4.78, 5) is 11.1. The zero-order valence-corrected chi connectivity index (χ0v) is 11.1. The third kappa shape index (κ3) is 2.11. The second-order valence-electron chi connectivity index (χ2n) is 5.19. The van der Waals surface area contributed by atoms with Crippen molar-refractivity contribution in [3.8, 4) is 0 Å². The van der Waals surface area contributed by atoms with Gasteiger partial charge in [-0.1, -0.05) is 32.5 Å². The molecule has 2 rings (SSSR count). The van der Waals surface area contributed by atoms with Crippen LogP contribution in [0.1, 0.15) is 33.5 Å². The summed E-state index contributed by atoms with van der Waals surface area (Å²) in [5, 5.41) is 17.3. The molecule has 0 spiro atoms. The third-order valence-corrected chi connectivity index (χ3v) is 3.91. The molecule has 0 aliphatic carbocycles. The van der Waals surface area contributed by atoms with Crippen molar-refractivity contribution in [2.75, 3.05) is 5.43 Å². The van der Waals surface area contributed by atoms with Crippen LogP contribution in [0.5, 0.6) is 0 Å². The molecular formula is C10H16N4O2S. The lowest BCUT2D eigenvalue weighted by atomic mass is 9.96. The van der Waals surface area contributed by atoms with Gasteiger partial charge in [-0.05, 0) is 6.92 Å². The zero-order chi connectivity index (χ0) is 12.8. The van der Waals surface area contributed by atoms with Crippen molar-refractivity contribution in [2.45, 2.75) is 49.6 Å². The highest BCUT2D eigenvalue weighted by Gasteiger charge is 2.36. The molecule has 0 saturated carbocycles. The van der Waals surface area contributed by atoms with Crippen LogP contribution >= 0.6 is 11.8 Å². The summed E-state index contributed by atoms with van der Waals surface area (Å²) in [6.07, 6.45) is 0. The number of hydrogen-bond donors (Lipinski definition) is 2. The Bertz CT molecular complexity index is 452. The Kier molecular flexibility index (Phi) is 2.81. The first-order valence-corrected chi connectivity index (χ1v) is 6.30. The molecule has 7 heteroatoms. The minimum absolute atomic E-state index is 0.130. The van der Waals surface area contributed by atoms with Crippen molar-refractivity contribution in [1.29, 1.82) is 0 Å². The first-order valence-electron chi connectivity index (χ1n) is 5.42. The van der Waals surface area contributed by atoms with Gasteiger partial charge in [0.05, 0.1) is 6.04 Å². The van der Waals surface area contributed by atoms with Gasteiger partial charge < -0.3 is 10.5 Å². The molecule has 0 radical (unpaired) electrons. The molecule has 1 aliphatic heterocycles. The molecule has 0 saturated heterocycles. The second-order valence-corrected chi connectivity index (χ2v) is 6.29. The van der Waals surface area contributed by atoms with Crippen LogP contribution in [-0.4, -0.2) is 37.2 Å². The van der Waals surface area contributed by atoms with E-state index in [2.05, 4.69) is 15.6 Å². The number of fused-ring (bicyclic) bond motifs is 1. The Morgan fingerprint density at radius 2 is 2.12 bits per heavy atom. The molecule has 2 heterocycles. The third-order valence-electron chi connectivity index (χ3n) is 2.57. The SMILES string of the molecule is CC1Nn2c(nnc2C(C)(C)C)SC1C(=O)O. The lowest BCUT2D eigenvalue weighted by Gasteiger charge is -2.30. The van der Waals surface area contributed by atoms with Gasteiger partial charge in [-0.15, -0.1) is 10.2 Å². The maximum Gasteiger partial charge on any atom is 0.319 e. The van der Waals surface area contributed by atoms with Gasteiger partial charge in [0.1, 0.15) is 5.25 Å². The summed E-state index contributed by atoms with van der Waals surface area (Å²) in [7, 11) is 0. The quantitative estimate of drug-likeness (QED) is 0.782. The molecule has 1 aromatic heterocycles. The molecule has 2 unspecified atom stereocenters. The highest BCUT2D eigenvalue weighted by Crippen LogP contribution is 2.32. The summed E-state index contributed by atoms with van der Waals surface area (Å²) < 4.78 is 1.80. The summed E-state index contributed by atoms with van der Waals surface area (Å²) in [5.41, 5.74) is 3.01. The largest absolute Gasteiger partial charge is 0.480 e. The Morgan fingerprint density at radius 3 is 2.65 bits per heavy atom. The highest BCUT2D eigenvalue weighted by atomic mass is 32.2. The van der Waals surface area contributed by atoms with E-state index >= 15 is 0 Å². The smallest absolute Gasteiger partial charge is 0.319 e. The lowest BCUT2D eigenvalue weighted by Crippen LogP contribution is -2.44. The Balaban J connectivity index is 2.37. The van der Waals surface area contributed by atoms with Crippen molar-refractivity contribution in [2.24, 2.45) is 0 Å². The Morgan fingerprint density at radius 1 is 1.47 bits per heavy atom. The van der Waals surface area contributed by atoms with E-state index in [1.807, 2.05) is 27.7 Å². The number of nitrogens with one attached hydrogen (secondary N) is 1. The highest BCUT2D eigenvalue weighted by molar-refractivity contribution is 8.00. The van der Waals surface area contributed by atoms with Crippen molar-refractivity contribution >= 4 is 17.7 Å². The number of nitrogens with zero attached hydrogens (tertiary/aromatic N) is 3. The van der Waals surface area contributed by atoms with Crippen molar-refractivity contribution in [1.82, 2.24) is 14.9 Å². The summed E-state index contributed by atoms with van der Waals surface area (Å²) in [6.45, 7) is 7.99. The van der Waals surface area contributed by atoms with Crippen LogP contribution in [0.3, 0.4) is 0 Å². The molecule has 6 nitrogen and oxygen atoms in total. The molecule has 17 heavy (non-hydrogen) atoms. The number of carboxylic acids is 1. The number of aromatic nitrogens is 3. The average molecular weight is 256 g/mol. The fourth-order valence-corrected chi connectivity index (χ4v) is 2.62. The van der Waals surface area contributed by atoms with E-state index in [0.29, 0.717) is 5.16 Å². The van der Waals surface area contributed by atoms with Crippen LogP contribution in [0.15, 0.2) is 5.16 Å². The maximum atomic E-state index is 11.1. The van der Waals surface area contributed by atoms with Gasteiger partial charge in [0, 0.05) is 5.41 Å². The zero-order valence-electron chi connectivity index (χ0n) is 10.3. The molecule has 0 amide bonds. The van der Waals surface area contributed by atoms with Crippen LogP contribution in [0.25, 0.3) is 0 Å². The monoisotopic (exact) mass is 256 g/mol. The van der Waals surface area contributed by atoms with Gasteiger partial charge in [0.2, 0.25) is 5.16 Å². The summed E-state index contributed by atoms with van der Waals surface area (Å²) >= 11 is 1.24. The van der Waals surface area contributed by atoms with E-state index in [4.69, 9.17) is 5.11 Å². The Hall–Kier alpha value is -1.24. The maximum absolute atomic E-state index is 11.1. The van der Waals surface area contributed by atoms with Crippen molar-refractivity contribution < 1.29 is 9.90 Å². The van der Waals surface area contributed by atoms with E-state index in [1.54, 1.807) is 4.68 Å².